The molecule has 0 spiro atoms. The van der Waals surface area contributed by atoms with Crippen LogP contribution in [0.5, 0.6) is 0 Å². The maximum Gasteiger partial charge on any atom is 0.407 e. The number of nitrogens with zero attached hydrogens (tertiary/aromatic N) is 1. The third-order valence-corrected chi connectivity index (χ3v) is 3.85. The fourth-order valence-corrected chi connectivity index (χ4v) is 2.81. The van der Waals surface area contributed by atoms with E-state index in [1.807, 2.05) is 44.2 Å². The molecule has 0 radical (unpaired) electrons. The predicted molar refractivity (Wildman–Crippen MR) is 94.1 cm³/mol. The van der Waals surface area contributed by atoms with Gasteiger partial charge >= 0.3 is 6.09 Å². The van der Waals surface area contributed by atoms with E-state index in [2.05, 4.69) is 15.5 Å². The third kappa shape index (κ3) is 7.53. The van der Waals surface area contributed by atoms with E-state index < -0.39 is 6.09 Å². The first-order valence-corrected chi connectivity index (χ1v) is 8.62. The minimum Gasteiger partial charge on any atom is -0.445 e. The van der Waals surface area contributed by atoms with Gasteiger partial charge in [-0.05, 0) is 19.4 Å². The summed E-state index contributed by atoms with van der Waals surface area (Å²) in [6.07, 6.45) is -0.184. The van der Waals surface area contributed by atoms with Crippen molar-refractivity contribution in [1.29, 1.82) is 0 Å². The van der Waals surface area contributed by atoms with Gasteiger partial charge in [-0.2, -0.15) is 0 Å². The zero-order valence-corrected chi connectivity index (χ0v) is 14.9. The van der Waals surface area contributed by atoms with E-state index in [0.29, 0.717) is 6.54 Å². The van der Waals surface area contributed by atoms with Crippen LogP contribution in [0.2, 0.25) is 0 Å². The highest BCUT2D eigenvalue weighted by molar-refractivity contribution is 5.82. The standard InChI is InChI=1S/C18H27N3O4/c1-14-11-21(12-15(2)25-14)9-8-19-17(22)10-20-18(23)24-13-16-6-4-3-5-7-16/h3-7,14-15H,8-13H2,1-2H3,(H,19,22)(H,20,23)/t14-,15-/m1/s1. The Morgan fingerprint density at radius 1 is 1.16 bits per heavy atom. The summed E-state index contributed by atoms with van der Waals surface area (Å²) >= 11 is 0. The lowest BCUT2D eigenvalue weighted by Crippen LogP contribution is -2.48. The summed E-state index contributed by atoms with van der Waals surface area (Å²) in [6.45, 7) is 7.22. The molecule has 1 aliphatic rings. The molecular formula is C18H27N3O4. The number of benzene rings is 1. The molecule has 1 saturated heterocycles. The lowest BCUT2D eigenvalue weighted by Gasteiger charge is -2.35. The first kappa shape index (κ1) is 19.2. The summed E-state index contributed by atoms with van der Waals surface area (Å²) < 4.78 is 10.7. The molecule has 2 amide bonds. The number of carbonyl (C=O) groups is 2. The molecule has 1 aliphatic heterocycles. The highest BCUT2D eigenvalue weighted by Gasteiger charge is 2.21. The van der Waals surface area contributed by atoms with Gasteiger partial charge in [-0.3, -0.25) is 9.69 Å². The lowest BCUT2D eigenvalue weighted by molar-refractivity contribution is -0.120. The highest BCUT2D eigenvalue weighted by atomic mass is 16.5. The van der Waals surface area contributed by atoms with Gasteiger partial charge in [-0.15, -0.1) is 0 Å². The summed E-state index contributed by atoms with van der Waals surface area (Å²) in [5.41, 5.74) is 0.899. The van der Waals surface area contributed by atoms with Crippen LogP contribution in [0.3, 0.4) is 0 Å². The second-order valence-corrected chi connectivity index (χ2v) is 6.28. The van der Waals surface area contributed by atoms with Crippen LogP contribution in [0.1, 0.15) is 19.4 Å². The Hall–Kier alpha value is -2.12. The fourth-order valence-electron chi connectivity index (χ4n) is 2.81. The number of alkyl carbamates (subject to hydrolysis) is 1. The minimum atomic E-state index is -0.602. The van der Waals surface area contributed by atoms with E-state index >= 15 is 0 Å². The SMILES string of the molecule is C[C@@H]1CN(CCNC(=O)CNC(=O)OCc2ccccc2)C[C@@H](C)O1. The van der Waals surface area contributed by atoms with Gasteiger partial charge < -0.3 is 20.1 Å². The van der Waals surface area contributed by atoms with Crippen molar-refractivity contribution >= 4 is 12.0 Å². The number of hydrogen-bond acceptors (Lipinski definition) is 5. The van der Waals surface area contributed by atoms with Crippen molar-refractivity contribution < 1.29 is 19.1 Å². The Labute approximate surface area is 148 Å². The van der Waals surface area contributed by atoms with Gasteiger partial charge in [0.05, 0.1) is 18.8 Å². The average molecular weight is 349 g/mol. The normalized spacial score (nSPS) is 20.7. The van der Waals surface area contributed by atoms with E-state index in [9.17, 15) is 9.59 Å². The van der Waals surface area contributed by atoms with Gasteiger partial charge in [0.1, 0.15) is 6.61 Å². The third-order valence-electron chi connectivity index (χ3n) is 3.85. The van der Waals surface area contributed by atoms with Crippen molar-refractivity contribution in [3.63, 3.8) is 0 Å². The Morgan fingerprint density at radius 2 is 1.84 bits per heavy atom. The predicted octanol–water partition coefficient (Wildman–Crippen LogP) is 1.14. The number of amides is 2. The van der Waals surface area contributed by atoms with E-state index in [1.165, 1.54) is 0 Å². The molecule has 1 aromatic rings. The van der Waals surface area contributed by atoms with Gasteiger partial charge in [0.25, 0.3) is 0 Å². The van der Waals surface area contributed by atoms with Crippen molar-refractivity contribution in [2.45, 2.75) is 32.7 Å². The second-order valence-electron chi connectivity index (χ2n) is 6.28. The Bertz CT molecular complexity index is 543. The first-order valence-electron chi connectivity index (χ1n) is 8.62. The van der Waals surface area contributed by atoms with Gasteiger partial charge in [0, 0.05) is 26.2 Å². The van der Waals surface area contributed by atoms with Gasteiger partial charge in [0.2, 0.25) is 5.91 Å². The molecule has 0 unspecified atom stereocenters. The molecule has 1 aromatic carbocycles. The van der Waals surface area contributed by atoms with Crippen LogP contribution >= 0.6 is 0 Å². The molecule has 0 aliphatic carbocycles. The molecule has 2 rings (SSSR count). The van der Waals surface area contributed by atoms with E-state index in [-0.39, 0.29) is 31.3 Å². The number of hydrogen-bond donors (Lipinski definition) is 2. The topological polar surface area (TPSA) is 79.9 Å². The molecule has 1 fully saturated rings. The highest BCUT2D eigenvalue weighted by Crippen LogP contribution is 2.09. The molecule has 1 heterocycles. The molecule has 2 atom stereocenters. The largest absolute Gasteiger partial charge is 0.445 e. The molecule has 0 bridgehead atoms. The molecule has 7 heteroatoms. The lowest BCUT2D eigenvalue weighted by atomic mass is 10.2. The second kappa shape index (κ2) is 10.0. The minimum absolute atomic E-state index is 0.0937. The summed E-state index contributed by atoms with van der Waals surface area (Å²) in [7, 11) is 0. The Kier molecular flexibility index (Phi) is 7.69. The van der Waals surface area contributed by atoms with Crippen LogP contribution in [0.15, 0.2) is 30.3 Å². The van der Waals surface area contributed by atoms with Gasteiger partial charge in [-0.1, -0.05) is 30.3 Å². The maximum absolute atomic E-state index is 11.8. The van der Waals surface area contributed by atoms with Crippen LogP contribution in [-0.4, -0.2) is 61.8 Å². The number of nitrogens with one attached hydrogen (secondary N) is 2. The summed E-state index contributed by atoms with van der Waals surface area (Å²) in [6, 6.07) is 9.38. The molecule has 0 aromatic heterocycles. The van der Waals surface area contributed by atoms with Crippen molar-refractivity contribution in [2.24, 2.45) is 0 Å². The zero-order valence-electron chi connectivity index (χ0n) is 14.9. The molecule has 2 N–H and O–H groups in total. The number of rotatable bonds is 7. The molecule has 138 valence electrons. The quantitative estimate of drug-likeness (QED) is 0.772. The summed E-state index contributed by atoms with van der Waals surface area (Å²) in [5, 5.41) is 5.25. The molecule has 0 saturated carbocycles. The van der Waals surface area contributed by atoms with Crippen LogP contribution in [0.4, 0.5) is 4.79 Å². The average Bonchev–Trinajstić information content (AvgIpc) is 2.58. The van der Waals surface area contributed by atoms with Crippen LogP contribution < -0.4 is 10.6 Å². The van der Waals surface area contributed by atoms with Crippen LogP contribution in [-0.2, 0) is 20.9 Å². The molecule has 25 heavy (non-hydrogen) atoms. The van der Waals surface area contributed by atoms with Crippen molar-refractivity contribution in [3.8, 4) is 0 Å². The summed E-state index contributed by atoms with van der Waals surface area (Å²) in [4.78, 5) is 25.6. The Balaban J connectivity index is 1.55. The number of ether oxygens (including phenoxy) is 2. The van der Waals surface area contributed by atoms with E-state index in [4.69, 9.17) is 9.47 Å². The van der Waals surface area contributed by atoms with Gasteiger partial charge in [0.15, 0.2) is 0 Å². The number of morpholine rings is 1. The Morgan fingerprint density at radius 3 is 2.52 bits per heavy atom. The van der Waals surface area contributed by atoms with E-state index in [1.54, 1.807) is 0 Å². The summed E-state index contributed by atoms with van der Waals surface area (Å²) in [5.74, 6) is -0.231. The van der Waals surface area contributed by atoms with Crippen LogP contribution in [0.25, 0.3) is 0 Å². The van der Waals surface area contributed by atoms with Gasteiger partial charge in [-0.25, -0.2) is 4.79 Å². The molecule has 7 nitrogen and oxygen atoms in total. The first-order chi connectivity index (χ1) is 12.0. The molecular weight excluding hydrogens is 322 g/mol. The maximum atomic E-state index is 11.8. The van der Waals surface area contributed by atoms with Crippen molar-refractivity contribution in [1.82, 2.24) is 15.5 Å². The zero-order chi connectivity index (χ0) is 18.1. The van der Waals surface area contributed by atoms with Crippen molar-refractivity contribution in [3.05, 3.63) is 35.9 Å². The van der Waals surface area contributed by atoms with E-state index in [0.717, 1.165) is 25.2 Å². The fraction of sp³-hybridized carbons (Fsp3) is 0.556. The smallest absolute Gasteiger partial charge is 0.407 e. The number of carbonyl (C=O) groups excluding carboxylic acids is 2. The monoisotopic (exact) mass is 349 g/mol. The van der Waals surface area contributed by atoms with Crippen LogP contribution in [0, 0.1) is 0 Å². The van der Waals surface area contributed by atoms with Crippen molar-refractivity contribution in [2.75, 3.05) is 32.7 Å².